The Morgan fingerprint density at radius 3 is 2.47 bits per heavy atom. The molecule has 172 valence electrons. The van der Waals surface area contributed by atoms with Crippen molar-refractivity contribution >= 4 is 16.9 Å². The van der Waals surface area contributed by atoms with Crippen LogP contribution in [0.4, 0.5) is 4.39 Å². The molecule has 2 aromatic carbocycles. The van der Waals surface area contributed by atoms with Crippen molar-refractivity contribution in [1.29, 1.82) is 0 Å². The highest BCUT2D eigenvalue weighted by Crippen LogP contribution is 2.21. The number of amides is 1. The number of carbonyl (C=O) groups excluding carboxylic acids is 1. The molecule has 0 saturated carbocycles. The van der Waals surface area contributed by atoms with Crippen molar-refractivity contribution in [3.63, 3.8) is 0 Å². The summed E-state index contributed by atoms with van der Waals surface area (Å²) in [4.78, 5) is 20.0. The molecule has 0 aliphatic rings. The van der Waals surface area contributed by atoms with E-state index in [1.807, 2.05) is 17.0 Å². The van der Waals surface area contributed by atoms with E-state index in [1.54, 1.807) is 6.07 Å². The fourth-order valence-corrected chi connectivity index (χ4v) is 4.15. The van der Waals surface area contributed by atoms with Gasteiger partial charge < -0.3 is 9.47 Å². The Labute approximate surface area is 191 Å². The van der Waals surface area contributed by atoms with E-state index >= 15 is 0 Å². The number of imidazole rings is 1. The van der Waals surface area contributed by atoms with Gasteiger partial charge in [-0.3, -0.25) is 4.79 Å². The van der Waals surface area contributed by atoms with E-state index in [0.29, 0.717) is 30.1 Å². The molecule has 0 N–H and O–H groups in total. The van der Waals surface area contributed by atoms with Crippen LogP contribution >= 0.6 is 0 Å². The summed E-state index contributed by atoms with van der Waals surface area (Å²) in [6.45, 7) is 10.4. The number of rotatable bonds is 11. The molecule has 1 amide bonds. The lowest BCUT2D eigenvalue weighted by molar-refractivity contribution is 0.0716. The number of aromatic nitrogens is 2. The zero-order valence-corrected chi connectivity index (χ0v) is 19.9. The van der Waals surface area contributed by atoms with Gasteiger partial charge in [0.15, 0.2) is 0 Å². The number of hydrogen-bond donors (Lipinski definition) is 0. The van der Waals surface area contributed by atoms with Crippen molar-refractivity contribution < 1.29 is 9.18 Å². The zero-order valence-electron chi connectivity index (χ0n) is 19.9. The number of hydrogen-bond acceptors (Lipinski definition) is 2. The van der Waals surface area contributed by atoms with E-state index < -0.39 is 0 Å². The molecule has 0 spiro atoms. The first-order chi connectivity index (χ1) is 15.4. The summed E-state index contributed by atoms with van der Waals surface area (Å²) in [5.74, 6) is 0.853. The lowest BCUT2D eigenvalue weighted by Crippen LogP contribution is -2.34. The number of halogens is 1. The first-order valence-electron chi connectivity index (χ1n) is 12.0. The summed E-state index contributed by atoms with van der Waals surface area (Å²) in [5.41, 5.74) is 3.53. The summed E-state index contributed by atoms with van der Waals surface area (Å²) in [5, 5.41) is 0. The molecule has 0 atom stereocenters. The molecule has 3 rings (SSSR count). The maximum absolute atomic E-state index is 13.8. The Morgan fingerprint density at radius 2 is 1.81 bits per heavy atom. The van der Waals surface area contributed by atoms with E-state index in [9.17, 15) is 9.18 Å². The largest absolute Gasteiger partial charge is 0.331 e. The quantitative estimate of drug-likeness (QED) is 0.316. The van der Waals surface area contributed by atoms with E-state index in [2.05, 4.69) is 44.4 Å². The number of carbonyl (C=O) groups is 1. The highest BCUT2D eigenvalue weighted by atomic mass is 19.1. The minimum Gasteiger partial charge on any atom is -0.331 e. The Morgan fingerprint density at radius 1 is 1.06 bits per heavy atom. The molecule has 0 aliphatic carbocycles. The van der Waals surface area contributed by atoms with Crippen LogP contribution in [0.1, 0.15) is 75.1 Å². The van der Waals surface area contributed by atoms with Gasteiger partial charge in [0.1, 0.15) is 11.6 Å². The molecule has 0 bridgehead atoms. The first-order valence-corrected chi connectivity index (χ1v) is 12.0. The van der Waals surface area contributed by atoms with E-state index in [0.717, 1.165) is 30.7 Å². The summed E-state index contributed by atoms with van der Waals surface area (Å²) in [6.07, 6.45) is 5.60. The van der Waals surface area contributed by atoms with Crippen LogP contribution in [0.25, 0.3) is 11.0 Å². The van der Waals surface area contributed by atoms with Gasteiger partial charge in [-0.25, -0.2) is 9.37 Å². The van der Waals surface area contributed by atoms with Crippen LogP contribution in [0.15, 0.2) is 42.5 Å². The van der Waals surface area contributed by atoms with Crippen LogP contribution in [0, 0.1) is 11.7 Å². The van der Waals surface area contributed by atoms with Gasteiger partial charge in [-0.05, 0) is 55.0 Å². The lowest BCUT2D eigenvalue weighted by Gasteiger charge is -2.25. The fraction of sp³-hybridized carbons (Fsp3) is 0.481. The maximum atomic E-state index is 13.8. The predicted molar refractivity (Wildman–Crippen MR) is 129 cm³/mol. The van der Waals surface area contributed by atoms with E-state index in [1.165, 1.54) is 37.0 Å². The van der Waals surface area contributed by atoms with Gasteiger partial charge in [-0.2, -0.15) is 0 Å². The Kier molecular flexibility index (Phi) is 8.43. The van der Waals surface area contributed by atoms with Crippen molar-refractivity contribution in [3.8, 4) is 0 Å². The third-order valence-corrected chi connectivity index (χ3v) is 5.71. The van der Waals surface area contributed by atoms with Crippen molar-refractivity contribution in [2.45, 2.75) is 72.9 Å². The Balaban J connectivity index is 1.85. The second-order valence-electron chi connectivity index (χ2n) is 9.05. The normalized spacial score (nSPS) is 11.4. The van der Waals surface area contributed by atoms with Crippen LogP contribution in [-0.2, 0) is 19.5 Å². The molecule has 0 radical (unpaired) electrons. The highest BCUT2D eigenvalue weighted by Gasteiger charge is 2.21. The van der Waals surface area contributed by atoms with E-state index in [-0.39, 0.29) is 11.7 Å². The molecule has 3 aromatic rings. The molecule has 0 aliphatic heterocycles. The van der Waals surface area contributed by atoms with Gasteiger partial charge in [-0.15, -0.1) is 0 Å². The topological polar surface area (TPSA) is 38.1 Å². The van der Waals surface area contributed by atoms with Crippen molar-refractivity contribution in [2.24, 2.45) is 5.92 Å². The van der Waals surface area contributed by atoms with Crippen LogP contribution in [0.2, 0.25) is 0 Å². The minimum atomic E-state index is -0.292. The van der Waals surface area contributed by atoms with Crippen molar-refractivity contribution in [3.05, 3.63) is 65.2 Å². The monoisotopic (exact) mass is 437 g/mol. The van der Waals surface area contributed by atoms with Crippen LogP contribution in [0.5, 0.6) is 0 Å². The number of nitrogens with zero attached hydrogens (tertiary/aromatic N) is 3. The minimum absolute atomic E-state index is 0.0140. The SMILES string of the molecule is CCCCCc1ccc(C(=O)N(Cc2nc3cc(F)ccc3n2CCC)CC(C)C)cc1. The molecule has 0 saturated heterocycles. The van der Waals surface area contributed by atoms with Gasteiger partial charge >= 0.3 is 0 Å². The van der Waals surface area contributed by atoms with Crippen LogP contribution < -0.4 is 0 Å². The Hall–Kier alpha value is -2.69. The average molecular weight is 438 g/mol. The zero-order chi connectivity index (χ0) is 23.1. The molecule has 32 heavy (non-hydrogen) atoms. The first kappa shape index (κ1) is 24.0. The molecule has 1 aromatic heterocycles. The van der Waals surface area contributed by atoms with Gasteiger partial charge in [0, 0.05) is 24.7 Å². The summed E-state index contributed by atoms with van der Waals surface area (Å²) < 4.78 is 15.9. The molecule has 4 nitrogen and oxygen atoms in total. The third-order valence-electron chi connectivity index (χ3n) is 5.71. The fourth-order valence-electron chi connectivity index (χ4n) is 4.15. The predicted octanol–water partition coefficient (Wildman–Crippen LogP) is 6.62. The second kappa shape index (κ2) is 11.3. The summed E-state index contributed by atoms with van der Waals surface area (Å²) in [7, 11) is 0. The molecule has 1 heterocycles. The smallest absolute Gasteiger partial charge is 0.254 e. The average Bonchev–Trinajstić information content (AvgIpc) is 3.09. The van der Waals surface area contributed by atoms with Gasteiger partial charge in [0.25, 0.3) is 5.91 Å². The third kappa shape index (κ3) is 5.96. The standard InChI is InChI=1S/C27H36FN3O/c1-5-7-8-9-21-10-12-22(13-11-21)27(32)30(18-20(3)4)19-26-29-24-17-23(28)14-15-25(24)31(26)16-6-2/h10-15,17,20H,5-9,16,18-19H2,1-4H3. The van der Waals surface area contributed by atoms with Gasteiger partial charge in [0.05, 0.1) is 17.6 Å². The molecule has 5 heteroatoms. The molecular weight excluding hydrogens is 401 g/mol. The van der Waals surface area contributed by atoms with Crippen molar-refractivity contribution in [1.82, 2.24) is 14.5 Å². The number of benzene rings is 2. The van der Waals surface area contributed by atoms with Crippen LogP contribution in [-0.4, -0.2) is 26.9 Å². The number of unbranched alkanes of at least 4 members (excludes halogenated alkanes) is 2. The lowest BCUT2D eigenvalue weighted by atomic mass is 10.0. The van der Waals surface area contributed by atoms with E-state index in [4.69, 9.17) is 4.98 Å². The van der Waals surface area contributed by atoms with Gasteiger partial charge in [0.2, 0.25) is 0 Å². The second-order valence-corrected chi connectivity index (χ2v) is 9.05. The number of aryl methyl sites for hydroxylation is 2. The summed E-state index contributed by atoms with van der Waals surface area (Å²) >= 11 is 0. The Bertz CT molecular complexity index is 1020. The molecule has 0 unspecified atom stereocenters. The molecular formula is C27H36FN3O. The maximum Gasteiger partial charge on any atom is 0.254 e. The van der Waals surface area contributed by atoms with Crippen molar-refractivity contribution in [2.75, 3.05) is 6.54 Å². The summed E-state index contributed by atoms with van der Waals surface area (Å²) in [6, 6.07) is 12.8. The van der Waals surface area contributed by atoms with Gasteiger partial charge in [-0.1, -0.05) is 52.7 Å². The number of fused-ring (bicyclic) bond motifs is 1. The molecule has 0 fully saturated rings. The van der Waals surface area contributed by atoms with Crippen LogP contribution in [0.3, 0.4) is 0 Å². The highest BCUT2D eigenvalue weighted by molar-refractivity contribution is 5.94.